The predicted octanol–water partition coefficient (Wildman–Crippen LogP) is 7.01. The van der Waals surface area contributed by atoms with Crippen LogP contribution in [0.1, 0.15) is 47.1 Å². The van der Waals surface area contributed by atoms with E-state index in [2.05, 4.69) is 15.0 Å². The standard InChI is InChI=1S/C38H38Cl2N4O6S/c1-24-8-18-31(19-9-24)51(47,48)43-32(20-26-6-4-3-5-7-26)37(46)42-30-16-14-29(15-17-30)38-49-33(21-44-23-41-35(39)36(44)40)25(2)34(50-38)28-12-10-27(22-45)11-13-28/h3-19,23,25,32-34,38,43,45H,20-22H2,1-2H3,(H,42,46)/t25-,32+,33+,34+,38+/m0/s1. The quantitative estimate of drug-likeness (QED) is 0.125. The summed E-state index contributed by atoms with van der Waals surface area (Å²) < 4.78 is 44.0. The molecule has 2 heterocycles. The summed E-state index contributed by atoms with van der Waals surface area (Å²) in [5.41, 5.74) is 4.61. The molecule has 0 saturated carbocycles. The Morgan fingerprint density at radius 1 is 0.902 bits per heavy atom. The molecular formula is C38H38Cl2N4O6S. The molecule has 13 heteroatoms. The van der Waals surface area contributed by atoms with Gasteiger partial charge in [-0.3, -0.25) is 4.79 Å². The van der Waals surface area contributed by atoms with Crippen LogP contribution in [-0.2, 0) is 43.9 Å². The Bertz CT molecular complexity index is 2040. The van der Waals surface area contributed by atoms with E-state index in [0.29, 0.717) is 22.9 Å². The highest BCUT2D eigenvalue weighted by Gasteiger charge is 2.39. The second kappa shape index (κ2) is 16.1. The van der Waals surface area contributed by atoms with Gasteiger partial charge in [0.2, 0.25) is 15.9 Å². The minimum absolute atomic E-state index is 0.0654. The number of carbonyl (C=O) groups excluding carboxylic acids is 1. The molecule has 0 radical (unpaired) electrons. The van der Waals surface area contributed by atoms with Crippen LogP contribution in [0, 0.1) is 12.8 Å². The lowest BCUT2D eigenvalue weighted by Crippen LogP contribution is -2.45. The van der Waals surface area contributed by atoms with Crippen LogP contribution >= 0.6 is 23.2 Å². The maximum atomic E-state index is 13.7. The summed E-state index contributed by atoms with van der Waals surface area (Å²) in [5, 5.41) is 12.9. The fourth-order valence-electron chi connectivity index (χ4n) is 5.96. The molecule has 6 rings (SSSR count). The van der Waals surface area contributed by atoms with Gasteiger partial charge in [0.1, 0.15) is 11.2 Å². The fourth-order valence-corrected chi connectivity index (χ4v) is 7.46. The molecule has 0 aliphatic carbocycles. The SMILES string of the molecule is Cc1ccc(S(=O)(=O)N[C@H](Cc2ccccc2)C(=O)Nc2ccc([C@@H]3O[C@H](Cn4cnc(Cl)c4Cl)[C@H](C)[C@H](c4ccc(CO)cc4)O3)cc2)cc1. The van der Waals surface area contributed by atoms with Gasteiger partial charge in [0.05, 0.1) is 36.6 Å². The lowest BCUT2D eigenvalue weighted by molar-refractivity contribution is -0.276. The van der Waals surface area contributed by atoms with Crippen LogP contribution in [0.15, 0.2) is 114 Å². The third-order valence-electron chi connectivity index (χ3n) is 8.91. The summed E-state index contributed by atoms with van der Waals surface area (Å²) >= 11 is 12.5. The second-order valence-electron chi connectivity index (χ2n) is 12.6. The number of anilines is 1. The van der Waals surface area contributed by atoms with Gasteiger partial charge in [0.15, 0.2) is 11.4 Å². The maximum Gasteiger partial charge on any atom is 0.242 e. The van der Waals surface area contributed by atoms with Gasteiger partial charge in [-0.2, -0.15) is 4.72 Å². The maximum absolute atomic E-state index is 13.7. The average molecular weight is 750 g/mol. The predicted molar refractivity (Wildman–Crippen MR) is 196 cm³/mol. The fraction of sp³-hybridized carbons (Fsp3) is 0.263. The zero-order valence-corrected chi connectivity index (χ0v) is 30.3. The molecule has 3 N–H and O–H groups in total. The molecule has 1 saturated heterocycles. The normalized spacial score (nSPS) is 19.8. The molecule has 1 aromatic heterocycles. The number of ether oxygens (including phenoxy) is 2. The molecule has 10 nitrogen and oxygen atoms in total. The first-order valence-electron chi connectivity index (χ1n) is 16.4. The summed E-state index contributed by atoms with van der Waals surface area (Å²) in [4.78, 5) is 17.8. The van der Waals surface area contributed by atoms with Crippen LogP contribution in [-0.4, -0.2) is 41.1 Å². The Morgan fingerprint density at radius 2 is 1.57 bits per heavy atom. The third-order valence-corrected chi connectivity index (χ3v) is 11.2. The van der Waals surface area contributed by atoms with E-state index >= 15 is 0 Å². The van der Waals surface area contributed by atoms with Crippen molar-refractivity contribution < 1.29 is 27.8 Å². The molecule has 0 bridgehead atoms. The van der Waals surface area contributed by atoms with Crippen LogP contribution in [0.5, 0.6) is 0 Å². The van der Waals surface area contributed by atoms with E-state index in [-0.39, 0.29) is 41.2 Å². The number of nitrogens with zero attached hydrogens (tertiary/aromatic N) is 2. The number of halogens is 2. The van der Waals surface area contributed by atoms with Crippen molar-refractivity contribution in [1.29, 1.82) is 0 Å². The van der Waals surface area contributed by atoms with E-state index in [1.54, 1.807) is 47.3 Å². The zero-order valence-electron chi connectivity index (χ0n) is 27.9. The second-order valence-corrected chi connectivity index (χ2v) is 15.0. The molecule has 1 aliphatic rings. The molecule has 1 fully saturated rings. The Kier molecular flexibility index (Phi) is 11.6. The Balaban J connectivity index is 1.21. The Morgan fingerprint density at radius 3 is 2.20 bits per heavy atom. The molecule has 266 valence electrons. The molecule has 0 unspecified atom stereocenters. The highest BCUT2D eigenvalue weighted by molar-refractivity contribution is 7.89. The number of nitrogens with one attached hydrogen (secondary N) is 2. The van der Waals surface area contributed by atoms with Gasteiger partial charge in [-0.05, 0) is 54.3 Å². The number of amides is 1. The van der Waals surface area contributed by atoms with Gasteiger partial charge in [0, 0.05) is 17.2 Å². The Hall–Kier alpha value is -4.07. The van der Waals surface area contributed by atoms with Crippen LogP contribution in [0.4, 0.5) is 5.69 Å². The number of aromatic nitrogens is 2. The monoisotopic (exact) mass is 748 g/mol. The van der Waals surface area contributed by atoms with Crippen molar-refractivity contribution >= 4 is 44.8 Å². The van der Waals surface area contributed by atoms with Crippen LogP contribution in [0.25, 0.3) is 0 Å². The minimum atomic E-state index is -4.00. The van der Waals surface area contributed by atoms with Gasteiger partial charge in [-0.15, -0.1) is 0 Å². The minimum Gasteiger partial charge on any atom is -0.392 e. The van der Waals surface area contributed by atoms with E-state index in [4.69, 9.17) is 32.7 Å². The number of sulfonamides is 1. The molecule has 0 spiro atoms. The largest absolute Gasteiger partial charge is 0.392 e. The van der Waals surface area contributed by atoms with Crippen molar-refractivity contribution in [3.8, 4) is 0 Å². The van der Waals surface area contributed by atoms with Crippen molar-refractivity contribution in [3.05, 3.63) is 148 Å². The van der Waals surface area contributed by atoms with Crippen molar-refractivity contribution in [2.45, 2.75) is 62.9 Å². The molecule has 51 heavy (non-hydrogen) atoms. The molecular weight excluding hydrogens is 711 g/mol. The van der Waals surface area contributed by atoms with Crippen molar-refractivity contribution in [2.75, 3.05) is 5.32 Å². The molecule has 5 atom stereocenters. The smallest absolute Gasteiger partial charge is 0.242 e. The highest BCUT2D eigenvalue weighted by atomic mass is 35.5. The van der Waals surface area contributed by atoms with E-state index in [1.165, 1.54) is 12.1 Å². The summed E-state index contributed by atoms with van der Waals surface area (Å²) in [6.07, 6.45) is 0.224. The number of imidazole rings is 1. The summed E-state index contributed by atoms with van der Waals surface area (Å²) in [6, 6.07) is 29.2. The first kappa shape index (κ1) is 36.7. The molecule has 4 aromatic carbocycles. The number of hydrogen-bond donors (Lipinski definition) is 3. The van der Waals surface area contributed by atoms with E-state index in [0.717, 1.165) is 22.3 Å². The van der Waals surface area contributed by atoms with E-state index in [1.807, 2.05) is 68.4 Å². The average Bonchev–Trinajstić information content (AvgIpc) is 3.45. The van der Waals surface area contributed by atoms with Crippen LogP contribution in [0.3, 0.4) is 0 Å². The number of aliphatic hydroxyl groups is 1. The number of carbonyl (C=O) groups is 1. The number of rotatable bonds is 12. The molecule has 5 aromatic rings. The number of aryl methyl sites for hydroxylation is 1. The van der Waals surface area contributed by atoms with Crippen molar-refractivity contribution in [3.63, 3.8) is 0 Å². The van der Waals surface area contributed by atoms with Crippen LogP contribution < -0.4 is 10.0 Å². The van der Waals surface area contributed by atoms with Gasteiger partial charge in [-0.25, -0.2) is 13.4 Å². The van der Waals surface area contributed by atoms with Gasteiger partial charge >= 0.3 is 0 Å². The van der Waals surface area contributed by atoms with E-state index < -0.39 is 28.3 Å². The molecule has 1 amide bonds. The first-order chi connectivity index (χ1) is 24.5. The lowest BCUT2D eigenvalue weighted by Gasteiger charge is -2.41. The van der Waals surface area contributed by atoms with Gasteiger partial charge < -0.3 is 24.5 Å². The Labute approximate surface area is 307 Å². The summed E-state index contributed by atoms with van der Waals surface area (Å²) in [6.45, 7) is 4.22. The number of hydrogen-bond acceptors (Lipinski definition) is 7. The topological polar surface area (TPSA) is 132 Å². The van der Waals surface area contributed by atoms with Gasteiger partial charge in [0.25, 0.3) is 0 Å². The van der Waals surface area contributed by atoms with Gasteiger partial charge in [-0.1, -0.05) is 115 Å². The van der Waals surface area contributed by atoms with Crippen molar-refractivity contribution in [1.82, 2.24) is 14.3 Å². The zero-order chi connectivity index (χ0) is 36.1. The van der Waals surface area contributed by atoms with Crippen molar-refractivity contribution in [2.24, 2.45) is 5.92 Å². The van der Waals surface area contributed by atoms with E-state index in [9.17, 15) is 18.3 Å². The van der Waals surface area contributed by atoms with Crippen LogP contribution in [0.2, 0.25) is 10.3 Å². The highest BCUT2D eigenvalue weighted by Crippen LogP contribution is 2.42. The molecule has 1 aliphatic heterocycles. The first-order valence-corrected chi connectivity index (χ1v) is 18.6. The summed E-state index contributed by atoms with van der Waals surface area (Å²) in [7, 11) is -4.00. The third kappa shape index (κ3) is 8.88. The number of aliphatic hydroxyl groups excluding tert-OH is 1. The summed E-state index contributed by atoms with van der Waals surface area (Å²) in [5.74, 6) is -0.620. The number of benzene rings is 4. The lowest BCUT2D eigenvalue weighted by atomic mass is 9.90.